The van der Waals surface area contributed by atoms with Crippen molar-refractivity contribution < 1.29 is 28.5 Å². The topological polar surface area (TPSA) is 131 Å². The van der Waals surface area contributed by atoms with Gasteiger partial charge in [-0.25, -0.2) is 9.59 Å². The minimum absolute atomic E-state index is 0.124. The predicted octanol–water partition coefficient (Wildman–Crippen LogP) is 5.16. The Morgan fingerprint density at radius 2 is 1.56 bits per heavy atom. The summed E-state index contributed by atoms with van der Waals surface area (Å²) in [6.07, 6.45) is -1.70. The van der Waals surface area contributed by atoms with E-state index in [1.54, 1.807) is 55.5 Å². The maximum absolute atomic E-state index is 13.4. The lowest BCUT2D eigenvalue weighted by Crippen LogP contribution is -2.52. The molecule has 0 spiro atoms. The van der Waals surface area contributed by atoms with E-state index < -0.39 is 41.8 Å². The fourth-order valence-electron chi connectivity index (χ4n) is 4.85. The average Bonchev–Trinajstić information content (AvgIpc) is 3.29. The van der Waals surface area contributed by atoms with Gasteiger partial charge in [-0.05, 0) is 50.6 Å². The number of hydrogen-bond acceptors (Lipinski definition) is 9. The maximum atomic E-state index is 13.4. The van der Waals surface area contributed by atoms with Crippen LogP contribution in [0.1, 0.15) is 44.3 Å². The number of aliphatic imine (C=N–C) groups is 1. The summed E-state index contributed by atoms with van der Waals surface area (Å²) in [7, 11) is 0. The molecule has 1 aliphatic rings. The lowest BCUT2D eigenvalue weighted by Gasteiger charge is -2.35. The zero-order valence-electron chi connectivity index (χ0n) is 24.3. The number of hydrogen-bond donors (Lipinski definition) is 0. The molecule has 220 valence electrons. The number of esters is 2. The molecule has 0 N–H and O–H groups in total. The summed E-state index contributed by atoms with van der Waals surface area (Å²) in [5.74, 6) is -2.16. The second-order valence-electron chi connectivity index (χ2n) is 10.5. The zero-order chi connectivity index (χ0) is 30.8. The van der Waals surface area contributed by atoms with Crippen LogP contribution in [0.5, 0.6) is 0 Å². The van der Waals surface area contributed by atoms with Gasteiger partial charge in [0.2, 0.25) is 0 Å². The van der Waals surface area contributed by atoms with Gasteiger partial charge >= 0.3 is 11.9 Å². The number of carbonyl (C=O) groups excluding carboxylic acids is 2. The maximum Gasteiger partial charge on any atom is 0.338 e. The Bertz CT molecular complexity index is 1510. The van der Waals surface area contributed by atoms with Crippen molar-refractivity contribution in [2.75, 3.05) is 13.2 Å². The molecular weight excluding hydrogens is 546 g/mol. The van der Waals surface area contributed by atoms with Gasteiger partial charge in [0.15, 0.2) is 6.10 Å². The summed E-state index contributed by atoms with van der Waals surface area (Å²) in [6.45, 7) is 5.24. The molecule has 3 aromatic carbocycles. The summed E-state index contributed by atoms with van der Waals surface area (Å²) in [4.78, 5) is 30.3. The van der Waals surface area contributed by atoms with E-state index in [-0.39, 0.29) is 19.8 Å². The van der Waals surface area contributed by atoms with Crippen LogP contribution in [-0.4, -0.2) is 55.2 Å². The van der Waals surface area contributed by atoms with Crippen molar-refractivity contribution >= 4 is 18.2 Å². The van der Waals surface area contributed by atoms with E-state index in [1.165, 1.54) is 6.21 Å². The van der Waals surface area contributed by atoms with Crippen LogP contribution in [0.2, 0.25) is 0 Å². The molecule has 2 unspecified atom stereocenters. The summed E-state index contributed by atoms with van der Waals surface area (Å²) >= 11 is 0. The Labute approximate surface area is 251 Å². The fraction of sp³-hybridized carbons (Fsp3) is 0.324. The molecule has 5 atom stereocenters. The van der Waals surface area contributed by atoms with Gasteiger partial charge in [-0.3, -0.25) is 4.99 Å². The van der Waals surface area contributed by atoms with Crippen LogP contribution in [0.15, 0.2) is 83.9 Å². The standard InChI is InChI=1S/C34H33N3O6/c1-23-9-13-26(14-10-23)32(38)40-22-29-31(43-33(39)27-15-11-24(2)12-16-27)34(3,41-21-25-7-5-4-6-8-25)30(42-29)28(19-36)20-37-18-17-35/h4-16,20,28-31H,18,21-22H2,1-3H3/t28?,29?,30-,31+,34-/m0/s1. The number of carbonyl (C=O) groups is 2. The summed E-state index contributed by atoms with van der Waals surface area (Å²) in [6, 6.07) is 27.3. The van der Waals surface area contributed by atoms with Crippen molar-refractivity contribution in [2.24, 2.45) is 10.9 Å². The molecule has 9 heteroatoms. The van der Waals surface area contributed by atoms with Gasteiger partial charge in [0.1, 0.15) is 36.9 Å². The molecule has 0 radical (unpaired) electrons. The molecule has 43 heavy (non-hydrogen) atoms. The highest BCUT2D eigenvalue weighted by atomic mass is 16.6. The highest BCUT2D eigenvalue weighted by Crippen LogP contribution is 2.41. The minimum atomic E-state index is -1.38. The number of benzene rings is 3. The van der Waals surface area contributed by atoms with Gasteiger partial charge in [-0.2, -0.15) is 10.5 Å². The van der Waals surface area contributed by atoms with E-state index >= 15 is 0 Å². The second-order valence-corrected chi connectivity index (χ2v) is 10.5. The molecule has 1 aliphatic heterocycles. The largest absolute Gasteiger partial charge is 0.459 e. The van der Waals surface area contributed by atoms with Gasteiger partial charge in [0.25, 0.3) is 0 Å². The van der Waals surface area contributed by atoms with Crippen LogP contribution in [-0.2, 0) is 25.6 Å². The minimum Gasteiger partial charge on any atom is -0.459 e. The molecule has 1 fully saturated rings. The van der Waals surface area contributed by atoms with Gasteiger partial charge in [0, 0.05) is 6.21 Å². The third-order valence-electron chi connectivity index (χ3n) is 7.27. The van der Waals surface area contributed by atoms with Crippen molar-refractivity contribution in [1.29, 1.82) is 10.5 Å². The van der Waals surface area contributed by atoms with Crippen molar-refractivity contribution in [3.63, 3.8) is 0 Å². The fourth-order valence-corrected chi connectivity index (χ4v) is 4.85. The summed E-state index contributed by atoms with van der Waals surface area (Å²) in [5.41, 5.74) is 2.12. The molecule has 0 aromatic heterocycles. The van der Waals surface area contributed by atoms with Crippen LogP contribution < -0.4 is 0 Å². The van der Waals surface area contributed by atoms with Crippen molar-refractivity contribution in [3.8, 4) is 12.1 Å². The van der Waals surface area contributed by atoms with Gasteiger partial charge in [-0.15, -0.1) is 0 Å². The molecule has 0 aliphatic carbocycles. The Morgan fingerprint density at radius 3 is 2.14 bits per heavy atom. The van der Waals surface area contributed by atoms with Crippen LogP contribution in [0.4, 0.5) is 0 Å². The molecule has 0 bridgehead atoms. The molecule has 1 saturated heterocycles. The number of nitrogens with zero attached hydrogens (tertiary/aromatic N) is 3. The van der Waals surface area contributed by atoms with E-state index in [9.17, 15) is 14.9 Å². The number of ether oxygens (including phenoxy) is 4. The lowest BCUT2D eigenvalue weighted by molar-refractivity contribution is -0.130. The quantitative estimate of drug-likeness (QED) is 0.173. The van der Waals surface area contributed by atoms with Gasteiger partial charge in [-0.1, -0.05) is 65.7 Å². The zero-order valence-corrected chi connectivity index (χ0v) is 24.3. The van der Waals surface area contributed by atoms with Crippen LogP contribution in [0, 0.1) is 42.4 Å². The Balaban J connectivity index is 1.68. The van der Waals surface area contributed by atoms with Crippen LogP contribution in [0.3, 0.4) is 0 Å². The van der Waals surface area contributed by atoms with E-state index in [0.29, 0.717) is 11.1 Å². The van der Waals surface area contributed by atoms with E-state index in [0.717, 1.165) is 16.7 Å². The Kier molecular flexibility index (Phi) is 10.4. The number of nitriles is 2. The number of aryl methyl sites for hydroxylation is 2. The smallest absolute Gasteiger partial charge is 0.338 e. The molecule has 3 aromatic rings. The highest BCUT2D eigenvalue weighted by Gasteiger charge is 2.59. The van der Waals surface area contributed by atoms with Gasteiger partial charge in [0.05, 0.1) is 29.9 Å². The molecule has 0 saturated carbocycles. The monoisotopic (exact) mass is 579 g/mol. The van der Waals surface area contributed by atoms with E-state index in [2.05, 4.69) is 11.1 Å². The predicted molar refractivity (Wildman–Crippen MR) is 158 cm³/mol. The van der Waals surface area contributed by atoms with E-state index in [1.807, 2.05) is 50.2 Å². The van der Waals surface area contributed by atoms with Crippen molar-refractivity contribution in [1.82, 2.24) is 0 Å². The Hall–Kier alpha value is -4.83. The van der Waals surface area contributed by atoms with Crippen LogP contribution >= 0.6 is 0 Å². The lowest BCUT2D eigenvalue weighted by atomic mass is 9.85. The first-order valence-corrected chi connectivity index (χ1v) is 13.9. The summed E-state index contributed by atoms with van der Waals surface area (Å²) in [5, 5.41) is 19.1. The third kappa shape index (κ3) is 7.72. The average molecular weight is 580 g/mol. The molecule has 0 amide bonds. The SMILES string of the molecule is Cc1ccc(C(=O)OCC2O[C@@H](C(C#N)C=NCC#N)[C@](C)(OCc3ccccc3)[C@@H]2OC(=O)c2ccc(C)cc2)cc1. The van der Waals surface area contributed by atoms with Crippen molar-refractivity contribution in [2.45, 2.75) is 51.3 Å². The van der Waals surface area contributed by atoms with Gasteiger partial charge < -0.3 is 18.9 Å². The first kappa shape index (κ1) is 31.1. The molecule has 1 heterocycles. The second kappa shape index (κ2) is 14.4. The first-order valence-electron chi connectivity index (χ1n) is 13.9. The Morgan fingerprint density at radius 1 is 0.953 bits per heavy atom. The van der Waals surface area contributed by atoms with Crippen molar-refractivity contribution in [3.05, 3.63) is 107 Å². The third-order valence-corrected chi connectivity index (χ3v) is 7.27. The molecular formula is C34H33N3O6. The number of rotatable bonds is 11. The highest BCUT2D eigenvalue weighted by molar-refractivity contribution is 5.90. The van der Waals surface area contributed by atoms with E-state index in [4.69, 9.17) is 24.2 Å². The molecule has 9 nitrogen and oxygen atoms in total. The summed E-state index contributed by atoms with van der Waals surface area (Å²) < 4.78 is 24.5. The van der Waals surface area contributed by atoms with Crippen LogP contribution in [0.25, 0.3) is 0 Å². The first-order chi connectivity index (χ1) is 20.7. The normalized spacial score (nSPS) is 21.9. The molecule has 4 rings (SSSR count).